The van der Waals surface area contributed by atoms with Gasteiger partial charge in [-0.25, -0.2) is 4.99 Å². The van der Waals surface area contributed by atoms with Crippen molar-refractivity contribution < 1.29 is 9.59 Å². The Bertz CT molecular complexity index is 349. The molecule has 3 heteroatoms. The molecule has 0 spiro atoms. The zero-order chi connectivity index (χ0) is 16.3. The highest BCUT2D eigenvalue weighted by molar-refractivity contribution is 5.76. The van der Waals surface area contributed by atoms with Crippen molar-refractivity contribution in [2.45, 2.75) is 84.8 Å². The quantitative estimate of drug-likeness (QED) is 0.317. The highest BCUT2D eigenvalue weighted by atomic mass is 16.3. The maximum Gasteiger partial charge on any atom is 0.200 e. The number of amidine groups is 1. The summed E-state index contributed by atoms with van der Waals surface area (Å²) in [4.78, 5) is 4.67. The number of hydrogen-bond acceptors (Lipinski definition) is 2. The van der Waals surface area contributed by atoms with E-state index in [1.807, 2.05) is 6.92 Å². The van der Waals surface area contributed by atoms with Crippen LogP contribution in [0.25, 0.3) is 0 Å². The maximum absolute atomic E-state index is 10.1. The fourth-order valence-electron chi connectivity index (χ4n) is 3.39. The van der Waals surface area contributed by atoms with E-state index in [-0.39, 0.29) is 6.23 Å². The lowest BCUT2D eigenvalue weighted by Gasteiger charge is -2.36. The number of nitrogens with zero attached hydrogens (tertiary/aromatic N) is 2. The minimum Gasteiger partial charge on any atom is -0.345 e. The van der Waals surface area contributed by atoms with Crippen molar-refractivity contribution in [3.8, 4) is 0 Å². The lowest BCUT2D eigenvalue weighted by atomic mass is 10.1. The van der Waals surface area contributed by atoms with Crippen LogP contribution >= 0.6 is 0 Å². The Labute approximate surface area is 137 Å². The van der Waals surface area contributed by atoms with Crippen LogP contribution in [0.3, 0.4) is 0 Å². The maximum atomic E-state index is 10.1. The molecule has 22 heavy (non-hydrogen) atoms. The second kappa shape index (κ2) is 11.0. The Kier molecular flexibility index (Phi) is 9.65. The van der Waals surface area contributed by atoms with Crippen molar-refractivity contribution in [1.82, 2.24) is 0 Å². The van der Waals surface area contributed by atoms with E-state index in [9.17, 15) is 5.11 Å². The Hall–Kier alpha value is -0.670. The SMILES string of the molecule is CCCC/C=C/CCCCCCC1=NCC[N+]1(CC)C(C)O. The van der Waals surface area contributed by atoms with Gasteiger partial charge in [-0.15, -0.1) is 0 Å². The Morgan fingerprint density at radius 3 is 2.41 bits per heavy atom. The minimum atomic E-state index is -0.320. The van der Waals surface area contributed by atoms with Gasteiger partial charge in [0.15, 0.2) is 6.23 Å². The number of unbranched alkanes of at least 4 members (excludes halogenated alkanes) is 6. The van der Waals surface area contributed by atoms with Crippen LogP contribution in [0.1, 0.15) is 78.6 Å². The second-order valence-electron chi connectivity index (χ2n) is 6.57. The molecule has 0 aromatic carbocycles. The topological polar surface area (TPSA) is 32.6 Å². The van der Waals surface area contributed by atoms with E-state index < -0.39 is 0 Å². The monoisotopic (exact) mass is 309 g/mol. The van der Waals surface area contributed by atoms with E-state index in [0.717, 1.165) is 26.1 Å². The lowest BCUT2D eigenvalue weighted by molar-refractivity contribution is -0.882. The number of allylic oxidation sites excluding steroid dienone is 2. The molecular formula is C19H37N2O+. The standard InChI is InChI=1S/C19H37N2O/c1-4-6-7-8-9-10-11-12-13-14-15-19-20-16-17-21(19,5-2)18(3)22/h8-9,18,22H,4-7,10-17H2,1-3H3/q+1/b9-8+. The van der Waals surface area contributed by atoms with Crippen molar-refractivity contribution in [3.63, 3.8) is 0 Å². The molecule has 1 aliphatic heterocycles. The smallest absolute Gasteiger partial charge is 0.200 e. The predicted octanol–water partition coefficient (Wildman–Crippen LogP) is 4.66. The fraction of sp³-hybridized carbons (Fsp3) is 0.842. The first-order valence-electron chi connectivity index (χ1n) is 9.41. The Balaban J connectivity index is 2.13. The molecular weight excluding hydrogens is 272 g/mol. The number of aliphatic hydroxyl groups is 1. The largest absolute Gasteiger partial charge is 0.345 e. The zero-order valence-corrected chi connectivity index (χ0v) is 15.1. The van der Waals surface area contributed by atoms with E-state index in [4.69, 9.17) is 0 Å². The molecule has 0 amide bonds. The molecule has 3 nitrogen and oxygen atoms in total. The lowest BCUT2D eigenvalue weighted by Crippen LogP contribution is -2.56. The average molecular weight is 310 g/mol. The number of aliphatic hydroxyl groups excluding tert-OH is 1. The summed E-state index contributed by atoms with van der Waals surface area (Å²) < 4.78 is 0.708. The van der Waals surface area contributed by atoms with Gasteiger partial charge in [0.05, 0.1) is 13.1 Å². The second-order valence-corrected chi connectivity index (χ2v) is 6.57. The first-order chi connectivity index (χ1) is 10.7. The summed E-state index contributed by atoms with van der Waals surface area (Å²) >= 11 is 0. The van der Waals surface area contributed by atoms with Gasteiger partial charge in [0.1, 0.15) is 6.54 Å². The highest BCUT2D eigenvalue weighted by Gasteiger charge is 2.40. The Morgan fingerprint density at radius 1 is 1.09 bits per heavy atom. The molecule has 1 rings (SSSR count). The average Bonchev–Trinajstić information content (AvgIpc) is 2.93. The first kappa shape index (κ1) is 19.4. The number of likely N-dealkylation sites (N-methyl/N-ethyl adjacent to an activating group) is 1. The van der Waals surface area contributed by atoms with Crippen molar-refractivity contribution >= 4 is 5.84 Å². The third-order valence-corrected chi connectivity index (χ3v) is 5.00. The first-order valence-corrected chi connectivity index (χ1v) is 9.41. The molecule has 2 unspecified atom stereocenters. The normalized spacial score (nSPS) is 23.2. The van der Waals surface area contributed by atoms with Crippen molar-refractivity contribution in [2.24, 2.45) is 4.99 Å². The van der Waals surface area contributed by atoms with Crippen LogP contribution in [-0.4, -0.2) is 41.3 Å². The number of rotatable bonds is 12. The van der Waals surface area contributed by atoms with Gasteiger partial charge in [-0.05, 0) is 32.6 Å². The van der Waals surface area contributed by atoms with Crippen molar-refractivity contribution in [1.29, 1.82) is 0 Å². The molecule has 128 valence electrons. The van der Waals surface area contributed by atoms with E-state index >= 15 is 0 Å². The molecule has 2 atom stereocenters. The third-order valence-electron chi connectivity index (χ3n) is 5.00. The van der Waals surface area contributed by atoms with E-state index in [1.165, 1.54) is 57.2 Å². The van der Waals surface area contributed by atoms with E-state index in [2.05, 4.69) is 31.0 Å². The van der Waals surface area contributed by atoms with Gasteiger partial charge in [-0.2, -0.15) is 0 Å². The summed E-state index contributed by atoms with van der Waals surface area (Å²) in [6, 6.07) is 0. The molecule has 0 saturated carbocycles. The molecule has 0 radical (unpaired) electrons. The van der Waals surface area contributed by atoms with Crippen LogP contribution in [0.5, 0.6) is 0 Å². The summed E-state index contributed by atoms with van der Waals surface area (Å²) in [5.74, 6) is 1.23. The fourth-order valence-corrected chi connectivity index (χ4v) is 3.39. The molecule has 0 fully saturated rings. The van der Waals surface area contributed by atoms with Gasteiger partial charge in [-0.3, -0.25) is 4.48 Å². The molecule has 0 aliphatic carbocycles. The van der Waals surface area contributed by atoms with Crippen LogP contribution in [0.4, 0.5) is 0 Å². The van der Waals surface area contributed by atoms with Crippen molar-refractivity contribution in [2.75, 3.05) is 19.6 Å². The molecule has 0 bridgehead atoms. The van der Waals surface area contributed by atoms with Crippen LogP contribution < -0.4 is 0 Å². The van der Waals surface area contributed by atoms with Crippen molar-refractivity contribution in [3.05, 3.63) is 12.2 Å². The highest BCUT2D eigenvalue weighted by Crippen LogP contribution is 2.22. The summed E-state index contributed by atoms with van der Waals surface area (Å²) in [5, 5.41) is 10.1. The van der Waals surface area contributed by atoms with Crippen LogP contribution in [0.2, 0.25) is 0 Å². The molecule has 1 aliphatic rings. The minimum absolute atomic E-state index is 0.320. The van der Waals surface area contributed by atoms with Gasteiger partial charge in [0.25, 0.3) is 0 Å². The summed E-state index contributed by atoms with van der Waals surface area (Å²) in [6.07, 6.45) is 15.6. The van der Waals surface area contributed by atoms with E-state index in [1.54, 1.807) is 0 Å². The van der Waals surface area contributed by atoms with Crippen LogP contribution in [-0.2, 0) is 0 Å². The number of hydrogen-bond donors (Lipinski definition) is 1. The third kappa shape index (κ3) is 5.85. The van der Waals surface area contributed by atoms with Gasteiger partial charge in [0.2, 0.25) is 5.84 Å². The molecule has 1 N–H and O–H groups in total. The van der Waals surface area contributed by atoms with Crippen LogP contribution in [0.15, 0.2) is 17.1 Å². The number of quaternary nitrogens is 1. The Morgan fingerprint density at radius 2 is 1.77 bits per heavy atom. The number of aliphatic imine (C=N–C) groups is 1. The summed E-state index contributed by atoms with van der Waals surface area (Å²) in [5.41, 5.74) is 0. The predicted molar refractivity (Wildman–Crippen MR) is 96.0 cm³/mol. The molecule has 1 heterocycles. The van der Waals surface area contributed by atoms with Gasteiger partial charge >= 0.3 is 0 Å². The molecule has 0 saturated heterocycles. The van der Waals surface area contributed by atoms with E-state index in [0.29, 0.717) is 4.48 Å². The molecule has 0 aromatic heterocycles. The summed E-state index contributed by atoms with van der Waals surface area (Å²) in [7, 11) is 0. The van der Waals surface area contributed by atoms with Crippen LogP contribution in [0, 0.1) is 0 Å². The van der Waals surface area contributed by atoms with Gasteiger partial charge < -0.3 is 5.11 Å². The van der Waals surface area contributed by atoms with Gasteiger partial charge in [0, 0.05) is 13.3 Å². The summed E-state index contributed by atoms with van der Waals surface area (Å²) in [6.45, 7) is 9.14. The molecule has 0 aromatic rings. The zero-order valence-electron chi connectivity index (χ0n) is 15.1. The van der Waals surface area contributed by atoms with Gasteiger partial charge in [-0.1, -0.05) is 44.8 Å².